The minimum Gasteiger partial charge on any atom is -0.462 e. The van der Waals surface area contributed by atoms with Crippen LogP contribution in [0, 0.1) is 12.8 Å². The Kier molecular flexibility index (Phi) is 5.71. The first-order valence-electron chi connectivity index (χ1n) is 8.92. The lowest BCUT2D eigenvalue weighted by Crippen LogP contribution is -2.21. The number of amides is 1. The zero-order valence-corrected chi connectivity index (χ0v) is 15.3. The van der Waals surface area contributed by atoms with E-state index in [0.29, 0.717) is 30.8 Å². The average molecular weight is 395 g/mol. The van der Waals surface area contributed by atoms with Gasteiger partial charge < -0.3 is 10.1 Å². The van der Waals surface area contributed by atoms with E-state index in [2.05, 4.69) is 10.4 Å². The Bertz CT molecular complexity index is 860. The van der Waals surface area contributed by atoms with E-state index in [-0.39, 0.29) is 24.0 Å². The molecule has 9 heteroatoms. The molecule has 0 spiro atoms. The molecule has 1 saturated heterocycles. The van der Waals surface area contributed by atoms with E-state index >= 15 is 0 Å². The number of carbonyl (C=O) groups is 2. The number of nitrogens with zero attached hydrogens (tertiary/aromatic N) is 2. The van der Waals surface area contributed by atoms with Gasteiger partial charge in [0.15, 0.2) is 0 Å². The van der Waals surface area contributed by atoms with E-state index in [1.165, 1.54) is 23.0 Å². The molecule has 1 amide bonds. The van der Waals surface area contributed by atoms with E-state index in [1.807, 2.05) is 0 Å². The molecule has 0 saturated carbocycles. The molecule has 1 aliphatic rings. The van der Waals surface area contributed by atoms with Crippen LogP contribution in [-0.2, 0) is 15.7 Å². The third-order valence-electron chi connectivity index (χ3n) is 4.77. The van der Waals surface area contributed by atoms with E-state index in [9.17, 15) is 22.8 Å². The summed E-state index contributed by atoms with van der Waals surface area (Å²) in [5.74, 6) is -0.435. The molecule has 2 heterocycles. The minimum absolute atomic E-state index is 0.00230. The van der Waals surface area contributed by atoms with Gasteiger partial charge in [-0.1, -0.05) is 0 Å². The summed E-state index contributed by atoms with van der Waals surface area (Å²) in [5.41, 5.74) is 0.389. The van der Waals surface area contributed by atoms with E-state index < -0.39 is 17.7 Å². The normalized spacial score (nSPS) is 17.7. The molecule has 1 unspecified atom stereocenters. The van der Waals surface area contributed by atoms with E-state index in [4.69, 9.17) is 4.74 Å². The zero-order valence-electron chi connectivity index (χ0n) is 15.3. The summed E-state index contributed by atoms with van der Waals surface area (Å²) >= 11 is 0. The van der Waals surface area contributed by atoms with Gasteiger partial charge in [0.25, 0.3) is 0 Å². The molecule has 1 fully saturated rings. The first-order chi connectivity index (χ1) is 13.3. The summed E-state index contributed by atoms with van der Waals surface area (Å²) < 4.78 is 44.8. The van der Waals surface area contributed by atoms with Gasteiger partial charge in [-0.25, -0.2) is 9.48 Å². The van der Waals surface area contributed by atoms with Crippen LogP contribution in [0.3, 0.4) is 0 Å². The predicted octanol–water partition coefficient (Wildman–Crippen LogP) is 3.27. The summed E-state index contributed by atoms with van der Waals surface area (Å²) in [5, 5.41) is 6.87. The lowest BCUT2D eigenvalue weighted by atomic mass is 10.0. The SMILES string of the molecule is Cc1c(C(=O)OCC2CCNC(=O)CC2)cnn1-c1ccc(C(F)(F)F)cc1. The molecule has 1 N–H and O–H groups in total. The molecule has 3 rings (SSSR count). The van der Waals surface area contributed by atoms with E-state index in [1.54, 1.807) is 6.92 Å². The number of ether oxygens (including phenoxy) is 1. The fourth-order valence-corrected chi connectivity index (χ4v) is 3.08. The topological polar surface area (TPSA) is 73.2 Å². The Labute approximate surface area is 159 Å². The maximum atomic E-state index is 12.7. The number of alkyl halides is 3. The van der Waals surface area contributed by atoms with Gasteiger partial charge in [-0.3, -0.25) is 4.79 Å². The molecule has 0 radical (unpaired) electrons. The summed E-state index contributed by atoms with van der Waals surface area (Å²) in [6, 6.07) is 4.53. The fraction of sp³-hybridized carbons (Fsp3) is 0.421. The summed E-state index contributed by atoms with van der Waals surface area (Å²) in [7, 11) is 0. The second-order valence-electron chi connectivity index (χ2n) is 6.74. The summed E-state index contributed by atoms with van der Waals surface area (Å²) in [6.45, 7) is 2.42. The van der Waals surface area contributed by atoms with Crippen LogP contribution >= 0.6 is 0 Å². The van der Waals surface area contributed by atoms with Gasteiger partial charge in [-0.2, -0.15) is 18.3 Å². The lowest BCUT2D eigenvalue weighted by molar-refractivity contribution is -0.137. The van der Waals surface area contributed by atoms with Gasteiger partial charge in [-0.15, -0.1) is 0 Å². The second-order valence-corrected chi connectivity index (χ2v) is 6.74. The number of aromatic nitrogens is 2. The maximum absolute atomic E-state index is 12.7. The number of carbonyl (C=O) groups excluding carboxylic acids is 2. The van der Waals surface area contributed by atoms with Crippen LogP contribution in [0.1, 0.15) is 40.9 Å². The molecule has 28 heavy (non-hydrogen) atoms. The highest BCUT2D eigenvalue weighted by Gasteiger charge is 2.30. The Morgan fingerprint density at radius 3 is 2.68 bits per heavy atom. The number of benzene rings is 1. The molecular formula is C19H20F3N3O3. The standard InChI is InChI=1S/C19H20F3N3O3/c1-12-16(18(27)28-11-13-2-7-17(26)23-9-8-13)10-24-25(12)15-5-3-14(4-6-15)19(20,21)22/h3-6,10,13H,2,7-9,11H2,1H3,(H,23,26). The molecular weight excluding hydrogens is 375 g/mol. The van der Waals surface area contributed by atoms with Crippen molar-refractivity contribution < 1.29 is 27.5 Å². The summed E-state index contributed by atoms with van der Waals surface area (Å²) in [6.07, 6.45) is -1.27. The van der Waals surface area contributed by atoms with Gasteiger partial charge in [0.2, 0.25) is 5.91 Å². The maximum Gasteiger partial charge on any atom is 0.416 e. The third kappa shape index (κ3) is 4.52. The van der Waals surface area contributed by atoms with Crippen molar-refractivity contribution in [2.45, 2.75) is 32.4 Å². The summed E-state index contributed by atoms with van der Waals surface area (Å²) in [4.78, 5) is 23.7. The van der Waals surface area contributed by atoms with Gasteiger partial charge in [-0.05, 0) is 49.9 Å². The Balaban J connectivity index is 1.66. The van der Waals surface area contributed by atoms with Crippen LogP contribution in [0.5, 0.6) is 0 Å². The van der Waals surface area contributed by atoms with Crippen LogP contribution in [0.2, 0.25) is 0 Å². The van der Waals surface area contributed by atoms with Crippen LogP contribution in [0.15, 0.2) is 30.5 Å². The van der Waals surface area contributed by atoms with Gasteiger partial charge in [0, 0.05) is 13.0 Å². The number of esters is 1. The van der Waals surface area contributed by atoms with Crippen LogP contribution in [-0.4, -0.2) is 34.8 Å². The highest BCUT2D eigenvalue weighted by Crippen LogP contribution is 2.29. The van der Waals surface area contributed by atoms with Crippen molar-refractivity contribution in [3.8, 4) is 5.69 Å². The number of halogens is 3. The van der Waals surface area contributed by atoms with Crippen molar-refractivity contribution in [2.75, 3.05) is 13.2 Å². The molecule has 1 aromatic carbocycles. The first-order valence-corrected chi connectivity index (χ1v) is 8.92. The fourth-order valence-electron chi connectivity index (χ4n) is 3.08. The van der Waals surface area contributed by atoms with E-state index in [0.717, 1.165) is 18.6 Å². The number of nitrogens with one attached hydrogen (secondary N) is 1. The largest absolute Gasteiger partial charge is 0.462 e. The second kappa shape index (κ2) is 8.04. The first kappa shape index (κ1) is 19.9. The Morgan fingerprint density at radius 2 is 2.00 bits per heavy atom. The Hall–Kier alpha value is -2.84. The molecule has 2 aromatic rings. The van der Waals surface area contributed by atoms with Crippen molar-refractivity contribution >= 4 is 11.9 Å². The smallest absolute Gasteiger partial charge is 0.416 e. The molecule has 1 aromatic heterocycles. The highest BCUT2D eigenvalue weighted by atomic mass is 19.4. The minimum atomic E-state index is -4.41. The molecule has 0 bridgehead atoms. The number of rotatable bonds is 4. The monoisotopic (exact) mass is 395 g/mol. The average Bonchev–Trinajstić information content (AvgIpc) is 2.91. The van der Waals surface area contributed by atoms with Crippen LogP contribution in [0.25, 0.3) is 5.69 Å². The number of hydrogen-bond acceptors (Lipinski definition) is 4. The molecule has 150 valence electrons. The van der Waals surface area contributed by atoms with Crippen molar-refractivity contribution in [3.05, 3.63) is 47.3 Å². The molecule has 0 aliphatic carbocycles. The Morgan fingerprint density at radius 1 is 1.29 bits per heavy atom. The quantitative estimate of drug-likeness (QED) is 0.807. The van der Waals surface area contributed by atoms with Crippen LogP contribution < -0.4 is 5.32 Å². The van der Waals surface area contributed by atoms with Gasteiger partial charge in [0.05, 0.1) is 29.7 Å². The third-order valence-corrected chi connectivity index (χ3v) is 4.77. The van der Waals surface area contributed by atoms with Crippen molar-refractivity contribution in [1.82, 2.24) is 15.1 Å². The zero-order chi connectivity index (χ0) is 20.3. The molecule has 6 nitrogen and oxygen atoms in total. The van der Waals surface area contributed by atoms with Crippen molar-refractivity contribution in [3.63, 3.8) is 0 Å². The van der Waals surface area contributed by atoms with Gasteiger partial charge >= 0.3 is 12.1 Å². The van der Waals surface area contributed by atoms with Crippen molar-refractivity contribution in [2.24, 2.45) is 5.92 Å². The van der Waals surface area contributed by atoms with Crippen molar-refractivity contribution in [1.29, 1.82) is 0 Å². The highest BCUT2D eigenvalue weighted by molar-refractivity contribution is 5.90. The van der Waals surface area contributed by atoms with Crippen LogP contribution in [0.4, 0.5) is 13.2 Å². The molecule has 1 aliphatic heterocycles. The predicted molar refractivity (Wildman–Crippen MR) is 93.9 cm³/mol. The van der Waals surface area contributed by atoms with Gasteiger partial charge in [0.1, 0.15) is 5.56 Å². The lowest BCUT2D eigenvalue weighted by Gasteiger charge is -2.13. The molecule has 1 atom stereocenters. The number of hydrogen-bond donors (Lipinski definition) is 1.